The lowest BCUT2D eigenvalue weighted by molar-refractivity contribution is -0.116. The number of rotatable bonds is 6. The molecule has 1 saturated heterocycles. The van der Waals surface area contributed by atoms with Gasteiger partial charge in [-0.15, -0.1) is 12.4 Å². The molecule has 0 bridgehead atoms. The number of aliphatic hydroxyl groups is 1. The van der Waals surface area contributed by atoms with E-state index in [4.69, 9.17) is 11.6 Å². The average molecular weight is 451 g/mol. The number of carbonyl (C=O) groups is 1. The molecule has 2 aromatic rings. The zero-order valence-corrected chi connectivity index (χ0v) is 18.4. The number of nitrogens with one attached hydrogen (secondary N) is 2. The first kappa shape index (κ1) is 22.7. The Morgan fingerprint density at radius 2 is 1.80 bits per heavy atom. The Labute approximate surface area is 188 Å². The van der Waals surface area contributed by atoms with E-state index in [9.17, 15) is 9.90 Å². The number of piperazine rings is 1. The van der Waals surface area contributed by atoms with Crippen LogP contribution in [0.2, 0.25) is 5.02 Å². The van der Waals surface area contributed by atoms with Crippen LogP contribution in [0.15, 0.2) is 42.5 Å². The lowest BCUT2D eigenvalue weighted by Gasteiger charge is -2.38. The largest absolute Gasteiger partial charge is 0.390 e. The summed E-state index contributed by atoms with van der Waals surface area (Å²) < 4.78 is 0. The van der Waals surface area contributed by atoms with Gasteiger partial charge in [-0.2, -0.15) is 0 Å². The van der Waals surface area contributed by atoms with E-state index in [1.165, 1.54) is 11.3 Å². The van der Waals surface area contributed by atoms with Crippen LogP contribution in [0.1, 0.15) is 12.0 Å². The van der Waals surface area contributed by atoms with Gasteiger partial charge in [0.2, 0.25) is 5.91 Å². The van der Waals surface area contributed by atoms with Crippen molar-refractivity contribution in [3.63, 3.8) is 0 Å². The molecule has 0 saturated carbocycles. The highest BCUT2D eigenvalue weighted by Gasteiger charge is 2.24. The number of benzene rings is 2. The molecule has 8 heteroatoms. The Kier molecular flexibility index (Phi) is 7.83. The van der Waals surface area contributed by atoms with E-state index in [2.05, 4.69) is 26.5 Å². The summed E-state index contributed by atoms with van der Waals surface area (Å²) in [6.45, 7) is 4.82. The summed E-state index contributed by atoms with van der Waals surface area (Å²) >= 11 is 5.90. The molecule has 1 amide bonds. The fraction of sp³-hybridized carbons (Fsp3) is 0.409. The van der Waals surface area contributed by atoms with Gasteiger partial charge in [0.15, 0.2) is 0 Å². The lowest BCUT2D eigenvalue weighted by atomic mass is 10.00. The molecular formula is C22H28Cl2N4O2. The topological polar surface area (TPSA) is 67.8 Å². The number of β-amino-alcohol motifs (C(OH)–C–C–N with tert-alkyl or cyclic N) is 1. The van der Waals surface area contributed by atoms with Gasteiger partial charge in [0.25, 0.3) is 0 Å². The number of hydrogen-bond donors (Lipinski definition) is 3. The van der Waals surface area contributed by atoms with Gasteiger partial charge in [-0.3, -0.25) is 9.69 Å². The van der Waals surface area contributed by atoms with Crippen molar-refractivity contribution in [3.05, 3.63) is 53.1 Å². The van der Waals surface area contributed by atoms with Crippen molar-refractivity contribution in [2.24, 2.45) is 0 Å². The Hall–Kier alpha value is -1.99. The van der Waals surface area contributed by atoms with Crippen LogP contribution in [0.4, 0.5) is 17.1 Å². The maximum absolute atomic E-state index is 11.7. The minimum atomic E-state index is -0.433. The molecule has 1 unspecified atom stereocenters. The van der Waals surface area contributed by atoms with Crippen LogP contribution in [-0.4, -0.2) is 61.3 Å². The van der Waals surface area contributed by atoms with E-state index < -0.39 is 6.10 Å². The Bertz CT molecular complexity index is 855. The molecule has 1 fully saturated rings. The van der Waals surface area contributed by atoms with Crippen LogP contribution in [0, 0.1) is 0 Å². The zero-order chi connectivity index (χ0) is 20.2. The fourth-order valence-electron chi connectivity index (χ4n) is 4.04. The number of aliphatic hydroxyl groups excluding tert-OH is 1. The summed E-state index contributed by atoms with van der Waals surface area (Å²) in [6, 6.07) is 13.6. The quantitative estimate of drug-likeness (QED) is 0.630. The molecule has 2 heterocycles. The van der Waals surface area contributed by atoms with E-state index in [0.29, 0.717) is 24.5 Å². The molecule has 0 aliphatic carbocycles. The van der Waals surface area contributed by atoms with Crippen molar-refractivity contribution < 1.29 is 9.90 Å². The number of carbonyl (C=O) groups excluding carboxylic acids is 1. The summed E-state index contributed by atoms with van der Waals surface area (Å²) in [7, 11) is 0. The van der Waals surface area contributed by atoms with Crippen molar-refractivity contribution in [2.45, 2.75) is 18.9 Å². The molecule has 162 valence electrons. The van der Waals surface area contributed by atoms with Crippen molar-refractivity contribution in [3.8, 4) is 0 Å². The van der Waals surface area contributed by atoms with Crippen LogP contribution in [0.25, 0.3) is 0 Å². The molecule has 1 atom stereocenters. The number of nitrogens with zero attached hydrogens (tertiary/aromatic N) is 2. The number of halogens is 2. The van der Waals surface area contributed by atoms with Gasteiger partial charge in [0.1, 0.15) is 0 Å². The highest BCUT2D eigenvalue weighted by atomic mass is 35.5. The van der Waals surface area contributed by atoms with Gasteiger partial charge >= 0.3 is 0 Å². The lowest BCUT2D eigenvalue weighted by Crippen LogP contribution is -2.49. The molecule has 0 spiro atoms. The summed E-state index contributed by atoms with van der Waals surface area (Å²) in [5.41, 5.74) is 4.38. The smallest absolute Gasteiger partial charge is 0.224 e. The predicted molar refractivity (Wildman–Crippen MR) is 125 cm³/mol. The zero-order valence-electron chi connectivity index (χ0n) is 16.8. The SMILES string of the molecule is Cl.O=C1CCc2c(cccc2N2CCN(CC(O)CNc3ccc(Cl)cc3)CC2)N1. The third-order valence-corrected chi connectivity index (χ3v) is 5.85. The van der Waals surface area contributed by atoms with Gasteiger partial charge in [-0.25, -0.2) is 0 Å². The summed E-state index contributed by atoms with van der Waals surface area (Å²) in [4.78, 5) is 16.4. The van der Waals surface area contributed by atoms with Crippen molar-refractivity contribution in [1.82, 2.24) is 4.90 Å². The van der Waals surface area contributed by atoms with Gasteiger partial charge in [0.05, 0.1) is 6.10 Å². The third kappa shape index (κ3) is 5.58. The normalized spacial score (nSPS) is 17.5. The maximum Gasteiger partial charge on any atom is 0.224 e. The van der Waals surface area contributed by atoms with E-state index in [1.807, 2.05) is 36.4 Å². The van der Waals surface area contributed by atoms with Crippen LogP contribution in [0.5, 0.6) is 0 Å². The number of anilines is 3. The molecule has 3 N–H and O–H groups in total. The highest BCUT2D eigenvalue weighted by Crippen LogP contribution is 2.32. The average Bonchev–Trinajstić information content (AvgIpc) is 2.73. The maximum atomic E-state index is 11.7. The standard InChI is InChI=1S/C22H27ClN4O2.ClH/c23-16-4-6-17(7-5-16)24-14-18(28)15-26-10-12-27(13-11-26)21-3-1-2-20-19(21)8-9-22(29)25-20;/h1-7,18,24,28H,8-15H2,(H,25,29);1H. The van der Waals surface area contributed by atoms with E-state index in [0.717, 1.165) is 44.0 Å². The van der Waals surface area contributed by atoms with Gasteiger partial charge in [-0.1, -0.05) is 17.7 Å². The summed E-state index contributed by atoms with van der Waals surface area (Å²) in [5, 5.41) is 17.3. The molecule has 4 rings (SSSR count). The highest BCUT2D eigenvalue weighted by molar-refractivity contribution is 6.30. The van der Waals surface area contributed by atoms with E-state index in [-0.39, 0.29) is 18.3 Å². The molecule has 0 aromatic heterocycles. The Balaban J connectivity index is 0.00000256. The molecule has 30 heavy (non-hydrogen) atoms. The number of hydrogen-bond acceptors (Lipinski definition) is 5. The van der Waals surface area contributed by atoms with Crippen molar-refractivity contribution in [2.75, 3.05) is 54.8 Å². The van der Waals surface area contributed by atoms with Crippen molar-refractivity contribution in [1.29, 1.82) is 0 Å². The Morgan fingerprint density at radius 3 is 2.53 bits per heavy atom. The molecule has 2 aliphatic rings. The summed E-state index contributed by atoms with van der Waals surface area (Å²) in [6.07, 6.45) is 0.917. The molecule has 2 aliphatic heterocycles. The monoisotopic (exact) mass is 450 g/mol. The minimum Gasteiger partial charge on any atom is -0.390 e. The number of amides is 1. The molecule has 6 nitrogen and oxygen atoms in total. The van der Waals surface area contributed by atoms with Gasteiger partial charge < -0.3 is 20.6 Å². The molecule has 0 radical (unpaired) electrons. The first-order valence-corrected chi connectivity index (χ1v) is 10.5. The van der Waals surface area contributed by atoms with E-state index in [1.54, 1.807) is 0 Å². The Morgan fingerprint density at radius 1 is 1.07 bits per heavy atom. The molecule has 2 aromatic carbocycles. The second kappa shape index (κ2) is 10.4. The first-order valence-electron chi connectivity index (χ1n) is 10.1. The minimum absolute atomic E-state index is 0. The molecular weight excluding hydrogens is 423 g/mol. The van der Waals surface area contributed by atoms with Crippen molar-refractivity contribution >= 4 is 47.0 Å². The summed E-state index contributed by atoms with van der Waals surface area (Å²) in [5.74, 6) is 0.0978. The first-order chi connectivity index (χ1) is 14.1. The van der Waals surface area contributed by atoms with Crippen LogP contribution < -0.4 is 15.5 Å². The number of fused-ring (bicyclic) bond motifs is 1. The van der Waals surface area contributed by atoms with Crippen LogP contribution >= 0.6 is 24.0 Å². The van der Waals surface area contributed by atoms with E-state index >= 15 is 0 Å². The fourth-order valence-corrected chi connectivity index (χ4v) is 4.17. The van der Waals surface area contributed by atoms with Crippen LogP contribution in [0.3, 0.4) is 0 Å². The third-order valence-electron chi connectivity index (χ3n) is 5.60. The van der Waals surface area contributed by atoms with Gasteiger partial charge in [-0.05, 0) is 48.4 Å². The second-order valence-corrected chi connectivity index (χ2v) is 8.12. The predicted octanol–water partition coefficient (Wildman–Crippen LogP) is 3.24. The van der Waals surface area contributed by atoms with Gasteiger partial charge in [0, 0.05) is 67.8 Å². The second-order valence-electron chi connectivity index (χ2n) is 7.68. The van der Waals surface area contributed by atoms with Crippen LogP contribution in [-0.2, 0) is 11.2 Å².